The van der Waals surface area contributed by atoms with Gasteiger partial charge in [0.25, 0.3) is 0 Å². The van der Waals surface area contributed by atoms with E-state index in [2.05, 4.69) is 0 Å². The Balaban J connectivity index is 1.89. The fraction of sp³-hybridized carbons (Fsp3) is 0.0952. The Morgan fingerprint density at radius 1 is 1.25 bits per heavy atom. The molecule has 28 heavy (non-hydrogen) atoms. The molecule has 0 amide bonds. The number of carboxylic acid groups (broad SMARTS) is 1. The molecule has 0 aliphatic rings. The highest BCUT2D eigenvalue weighted by atomic mass is 32.1. The first-order valence-corrected chi connectivity index (χ1v) is 9.18. The quantitative estimate of drug-likeness (QED) is 0.576. The summed E-state index contributed by atoms with van der Waals surface area (Å²) in [5.41, 5.74) is 1.58. The summed E-state index contributed by atoms with van der Waals surface area (Å²) in [6.07, 6.45) is -0.874. The summed E-state index contributed by atoms with van der Waals surface area (Å²) in [6, 6.07) is 14.8. The highest BCUT2D eigenvalue weighted by molar-refractivity contribution is 7.07. The number of aldehydes is 1. The van der Waals surface area contributed by atoms with Crippen LogP contribution in [0.25, 0.3) is 0 Å². The molecular formula is C21H15NO5S. The second kappa shape index (κ2) is 8.84. The maximum absolute atomic E-state index is 11.8. The lowest BCUT2D eigenvalue weighted by Gasteiger charge is -2.18. The Bertz CT molecular complexity index is 1020. The molecule has 0 aliphatic heterocycles. The number of carbonyl (C=O) groups excluding carboxylic acids is 1. The maximum Gasteiger partial charge on any atom is 0.349 e. The summed E-state index contributed by atoms with van der Waals surface area (Å²) in [7, 11) is 0. The van der Waals surface area contributed by atoms with E-state index >= 15 is 0 Å². The molecular weight excluding hydrogens is 378 g/mol. The molecule has 7 heteroatoms. The van der Waals surface area contributed by atoms with Gasteiger partial charge in [-0.25, -0.2) is 4.79 Å². The van der Waals surface area contributed by atoms with Crippen molar-refractivity contribution in [2.24, 2.45) is 0 Å². The average molecular weight is 393 g/mol. The molecule has 140 valence electrons. The molecule has 2 aromatic carbocycles. The summed E-state index contributed by atoms with van der Waals surface area (Å²) >= 11 is 1.56. The van der Waals surface area contributed by atoms with Gasteiger partial charge in [-0.1, -0.05) is 24.3 Å². The number of hydrogen-bond acceptors (Lipinski definition) is 6. The Kier molecular flexibility index (Phi) is 6.04. The molecule has 1 aromatic heterocycles. The molecule has 0 saturated heterocycles. The minimum Gasteiger partial charge on any atom is -0.489 e. The highest BCUT2D eigenvalue weighted by Gasteiger charge is 2.26. The first kappa shape index (κ1) is 19.1. The van der Waals surface area contributed by atoms with E-state index in [1.165, 1.54) is 24.3 Å². The highest BCUT2D eigenvalue weighted by Crippen LogP contribution is 2.30. The van der Waals surface area contributed by atoms with Crippen molar-refractivity contribution in [3.8, 4) is 17.6 Å². The van der Waals surface area contributed by atoms with E-state index in [-0.39, 0.29) is 22.4 Å². The number of aliphatic carboxylic acids is 1. The molecule has 0 aliphatic carbocycles. The third-order valence-corrected chi connectivity index (χ3v) is 4.67. The Morgan fingerprint density at radius 3 is 2.75 bits per heavy atom. The lowest BCUT2D eigenvalue weighted by atomic mass is 10.0. The topological polar surface area (TPSA) is 96.6 Å². The fourth-order valence-electron chi connectivity index (χ4n) is 2.55. The van der Waals surface area contributed by atoms with Crippen molar-refractivity contribution >= 4 is 23.6 Å². The average Bonchev–Trinajstić information content (AvgIpc) is 3.24. The summed E-state index contributed by atoms with van der Waals surface area (Å²) < 4.78 is 11.3. The third-order valence-electron chi connectivity index (χ3n) is 3.93. The number of ether oxygens (including phenoxy) is 2. The summed E-state index contributed by atoms with van der Waals surface area (Å²) in [6.45, 7) is 0.338. The van der Waals surface area contributed by atoms with E-state index < -0.39 is 12.1 Å². The van der Waals surface area contributed by atoms with Crippen LogP contribution in [-0.4, -0.2) is 17.4 Å². The van der Waals surface area contributed by atoms with Crippen LogP contribution in [0.3, 0.4) is 0 Å². The van der Waals surface area contributed by atoms with E-state index in [9.17, 15) is 20.0 Å². The molecule has 0 saturated carbocycles. The number of nitrogens with zero attached hydrogens (tertiary/aromatic N) is 1. The standard InChI is InChI=1S/C21H15NO5S/c22-10-15-5-6-17(26-12-14-7-8-28-13-14)9-19(15)27-20(21(24)25)18-4-2-1-3-16(18)11-23/h1-9,11,13,20H,12H2,(H,24,25). The van der Waals surface area contributed by atoms with E-state index in [1.54, 1.807) is 29.5 Å². The van der Waals surface area contributed by atoms with Gasteiger partial charge in [0.05, 0.1) is 5.56 Å². The molecule has 0 bridgehead atoms. The van der Waals surface area contributed by atoms with Gasteiger partial charge in [-0.3, -0.25) is 4.79 Å². The molecule has 0 spiro atoms. The van der Waals surface area contributed by atoms with Crippen LogP contribution < -0.4 is 9.47 Å². The molecule has 1 heterocycles. The lowest BCUT2D eigenvalue weighted by molar-refractivity contribution is -0.145. The number of nitriles is 1. The summed E-state index contributed by atoms with van der Waals surface area (Å²) in [5.74, 6) is -0.769. The largest absolute Gasteiger partial charge is 0.489 e. The van der Waals surface area contributed by atoms with E-state index in [1.807, 2.05) is 22.9 Å². The summed E-state index contributed by atoms with van der Waals surface area (Å²) in [5, 5.41) is 22.8. The van der Waals surface area contributed by atoms with Crippen LogP contribution >= 0.6 is 11.3 Å². The van der Waals surface area contributed by atoms with E-state index in [4.69, 9.17) is 9.47 Å². The van der Waals surface area contributed by atoms with Gasteiger partial charge >= 0.3 is 5.97 Å². The van der Waals surface area contributed by atoms with Gasteiger partial charge in [-0.05, 0) is 34.5 Å². The number of thiophene rings is 1. The molecule has 1 atom stereocenters. The molecule has 3 rings (SSSR count). The van der Waals surface area contributed by atoms with Crippen molar-refractivity contribution in [1.82, 2.24) is 0 Å². The van der Waals surface area contributed by atoms with Crippen molar-refractivity contribution in [3.05, 3.63) is 81.5 Å². The van der Waals surface area contributed by atoms with Crippen LogP contribution in [0.4, 0.5) is 0 Å². The first-order chi connectivity index (χ1) is 13.6. The van der Waals surface area contributed by atoms with Crippen LogP contribution in [0.1, 0.15) is 33.2 Å². The molecule has 1 N–H and O–H groups in total. The zero-order chi connectivity index (χ0) is 19.9. The van der Waals surface area contributed by atoms with Gasteiger partial charge in [0.1, 0.15) is 30.5 Å². The van der Waals surface area contributed by atoms with Gasteiger partial charge in [-0.15, -0.1) is 0 Å². The lowest BCUT2D eigenvalue weighted by Crippen LogP contribution is -2.20. The van der Waals surface area contributed by atoms with Gasteiger partial charge in [-0.2, -0.15) is 16.6 Å². The van der Waals surface area contributed by atoms with Gasteiger partial charge in [0, 0.05) is 17.2 Å². The van der Waals surface area contributed by atoms with Crippen molar-refractivity contribution in [3.63, 3.8) is 0 Å². The van der Waals surface area contributed by atoms with Gasteiger partial charge in [0.15, 0.2) is 0 Å². The molecule has 1 unspecified atom stereocenters. The summed E-state index contributed by atoms with van der Waals surface area (Å²) in [4.78, 5) is 23.0. The molecule has 6 nitrogen and oxygen atoms in total. The molecule has 0 fully saturated rings. The number of benzene rings is 2. The van der Waals surface area contributed by atoms with E-state index in [0.717, 1.165) is 5.56 Å². The second-order valence-electron chi connectivity index (χ2n) is 5.77. The zero-order valence-corrected chi connectivity index (χ0v) is 15.4. The van der Waals surface area contributed by atoms with Crippen molar-refractivity contribution in [2.75, 3.05) is 0 Å². The SMILES string of the molecule is N#Cc1ccc(OCc2ccsc2)cc1OC(C(=O)O)c1ccccc1C=O. The Labute approximate surface area is 165 Å². The normalized spacial score (nSPS) is 11.2. The Morgan fingerprint density at radius 2 is 2.07 bits per heavy atom. The van der Waals surface area contributed by atoms with Crippen LogP contribution in [0.15, 0.2) is 59.3 Å². The van der Waals surface area contributed by atoms with Crippen LogP contribution in [0.5, 0.6) is 11.5 Å². The minimum absolute atomic E-state index is 0.0680. The van der Waals surface area contributed by atoms with Crippen LogP contribution in [0, 0.1) is 11.3 Å². The molecule has 3 aromatic rings. The number of hydrogen-bond donors (Lipinski definition) is 1. The van der Waals surface area contributed by atoms with Gasteiger partial charge in [0.2, 0.25) is 6.10 Å². The zero-order valence-electron chi connectivity index (χ0n) is 14.6. The Hall–Kier alpha value is -3.63. The van der Waals surface area contributed by atoms with Crippen LogP contribution in [0.2, 0.25) is 0 Å². The number of carboxylic acids is 1. The first-order valence-electron chi connectivity index (χ1n) is 8.24. The van der Waals surface area contributed by atoms with E-state index in [0.29, 0.717) is 18.6 Å². The molecule has 0 radical (unpaired) electrons. The monoisotopic (exact) mass is 393 g/mol. The van der Waals surface area contributed by atoms with Crippen molar-refractivity contribution < 1.29 is 24.2 Å². The fourth-order valence-corrected chi connectivity index (χ4v) is 3.21. The second-order valence-corrected chi connectivity index (χ2v) is 6.55. The predicted molar refractivity (Wildman–Crippen MR) is 103 cm³/mol. The maximum atomic E-state index is 11.8. The number of rotatable bonds is 8. The van der Waals surface area contributed by atoms with Crippen LogP contribution in [-0.2, 0) is 11.4 Å². The van der Waals surface area contributed by atoms with Gasteiger partial charge < -0.3 is 14.6 Å². The predicted octanol–water partition coefficient (Wildman–Crippen LogP) is 4.22. The van der Waals surface area contributed by atoms with Crippen molar-refractivity contribution in [1.29, 1.82) is 5.26 Å². The van der Waals surface area contributed by atoms with Crippen molar-refractivity contribution in [2.45, 2.75) is 12.7 Å². The third kappa shape index (κ3) is 4.37. The minimum atomic E-state index is -1.44. The smallest absolute Gasteiger partial charge is 0.349 e. The number of carbonyl (C=O) groups is 2.